The third-order valence-corrected chi connectivity index (χ3v) is 6.75. The van der Waals surface area contributed by atoms with Gasteiger partial charge in [0.1, 0.15) is 0 Å². The largest absolute Gasteiger partial charge is 0.308 e. The van der Waals surface area contributed by atoms with E-state index in [9.17, 15) is 9.59 Å². The van der Waals surface area contributed by atoms with Gasteiger partial charge in [0, 0.05) is 21.8 Å². The molecule has 0 fully saturated rings. The van der Waals surface area contributed by atoms with Crippen molar-refractivity contribution in [2.75, 3.05) is 0 Å². The summed E-state index contributed by atoms with van der Waals surface area (Å²) in [6.45, 7) is 2.03. The van der Waals surface area contributed by atoms with Gasteiger partial charge in [-0.05, 0) is 42.3 Å². The summed E-state index contributed by atoms with van der Waals surface area (Å²) in [5, 5.41) is 0.604. The minimum absolute atomic E-state index is 0.143. The number of hydrogen-bond donors (Lipinski definition) is 0. The van der Waals surface area contributed by atoms with Gasteiger partial charge in [-0.1, -0.05) is 96.0 Å². The van der Waals surface area contributed by atoms with Crippen LogP contribution in [-0.2, 0) is 0 Å². The molecular formula is C31H20ClNO2. The number of rotatable bonds is 3. The van der Waals surface area contributed by atoms with Crippen molar-refractivity contribution in [3.8, 4) is 28.2 Å². The molecule has 5 aromatic rings. The highest BCUT2D eigenvalue weighted by atomic mass is 35.5. The molecule has 0 spiro atoms. The lowest BCUT2D eigenvalue weighted by Crippen LogP contribution is -2.20. The predicted molar refractivity (Wildman–Crippen MR) is 140 cm³/mol. The van der Waals surface area contributed by atoms with Gasteiger partial charge >= 0.3 is 0 Å². The van der Waals surface area contributed by atoms with Gasteiger partial charge in [0.2, 0.25) is 0 Å². The van der Waals surface area contributed by atoms with Gasteiger partial charge in [-0.2, -0.15) is 0 Å². The Hall–Kier alpha value is -4.21. The number of aromatic nitrogens is 1. The van der Waals surface area contributed by atoms with Gasteiger partial charge in [0.25, 0.3) is 0 Å². The van der Waals surface area contributed by atoms with E-state index in [2.05, 4.69) is 0 Å². The lowest BCUT2D eigenvalue weighted by molar-refractivity contribution is 0.0981. The molecule has 0 aliphatic heterocycles. The van der Waals surface area contributed by atoms with Crippen LogP contribution in [0.5, 0.6) is 0 Å². The lowest BCUT2D eigenvalue weighted by atomic mass is 9.83. The first-order chi connectivity index (χ1) is 17.0. The molecule has 6 rings (SSSR count). The maximum atomic E-state index is 14.0. The van der Waals surface area contributed by atoms with E-state index in [0.717, 1.165) is 22.4 Å². The predicted octanol–water partition coefficient (Wildman–Crippen LogP) is 7.55. The second-order valence-electron chi connectivity index (χ2n) is 8.69. The number of carbonyl (C=O) groups is 2. The number of hydrogen-bond acceptors (Lipinski definition) is 2. The van der Waals surface area contributed by atoms with Crippen LogP contribution in [0.2, 0.25) is 5.02 Å². The fraction of sp³-hybridized carbons (Fsp3) is 0.0323. The van der Waals surface area contributed by atoms with Crippen molar-refractivity contribution < 1.29 is 9.59 Å². The smallest absolute Gasteiger partial charge is 0.196 e. The second kappa shape index (κ2) is 8.23. The molecule has 35 heavy (non-hydrogen) atoms. The summed E-state index contributed by atoms with van der Waals surface area (Å²) in [6.07, 6.45) is 0. The molecule has 0 saturated heterocycles. The maximum absolute atomic E-state index is 14.0. The molecule has 4 heteroatoms. The van der Waals surface area contributed by atoms with E-state index in [0.29, 0.717) is 38.7 Å². The number of halogens is 1. The number of benzene rings is 4. The van der Waals surface area contributed by atoms with E-state index in [4.69, 9.17) is 11.6 Å². The zero-order valence-electron chi connectivity index (χ0n) is 19.0. The fourth-order valence-corrected chi connectivity index (χ4v) is 4.99. The molecular weight excluding hydrogens is 454 g/mol. The topological polar surface area (TPSA) is 39.1 Å². The Balaban J connectivity index is 1.80. The molecule has 0 saturated carbocycles. The fourth-order valence-electron chi connectivity index (χ4n) is 4.87. The zero-order valence-corrected chi connectivity index (χ0v) is 19.7. The molecule has 4 aromatic carbocycles. The average Bonchev–Trinajstić information content (AvgIpc) is 3.25. The van der Waals surface area contributed by atoms with Crippen LogP contribution in [-0.4, -0.2) is 16.1 Å². The van der Waals surface area contributed by atoms with Crippen LogP contribution in [0.15, 0.2) is 103 Å². The number of fused-ring (bicyclic) bond motifs is 2. The van der Waals surface area contributed by atoms with Crippen LogP contribution in [0.1, 0.15) is 37.4 Å². The monoisotopic (exact) mass is 473 g/mol. The Morgan fingerprint density at radius 2 is 1.06 bits per heavy atom. The minimum atomic E-state index is -0.150. The zero-order chi connectivity index (χ0) is 24.1. The van der Waals surface area contributed by atoms with Crippen molar-refractivity contribution in [1.29, 1.82) is 0 Å². The summed E-state index contributed by atoms with van der Waals surface area (Å²) in [7, 11) is 0. The third kappa shape index (κ3) is 3.36. The Morgan fingerprint density at radius 1 is 0.571 bits per heavy atom. The molecule has 0 amide bonds. The first kappa shape index (κ1) is 21.3. The van der Waals surface area contributed by atoms with E-state index in [1.54, 1.807) is 36.4 Å². The van der Waals surface area contributed by atoms with Crippen molar-refractivity contribution in [3.63, 3.8) is 0 Å². The number of carbonyl (C=O) groups excluding carboxylic acids is 2. The molecule has 0 atom stereocenters. The first-order valence-corrected chi connectivity index (χ1v) is 11.8. The first-order valence-electron chi connectivity index (χ1n) is 11.4. The minimum Gasteiger partial charge on any atom is -0.308 e. The van der Waals surface area contributed by atoms with Crippen LogP contribution in [0.25, 0.3) is 28.2 Å². The van der Waals surface area contributed by atoms with Crippen LogP contribution >= 0.6 is 11.6 Å². The molecule has 0 bridgehead atoms. The molecule has 1 aliphatic rings. The molecule has 1 aliphatic carbocycles. The summed E-state index contributed by atoms with van der Waals surface area (Å²) in [5.41, 5.74) is 6.80. The summed E-state index contributed by atoms with van der Waals surface area (Å²) in [4.78, 5) is 28.0. The van der Waals surface area contributed by atoms with Gasteiger partial charge in [-0.15, -0.1) is 0 Å². The molecule has 1 aromatic heterocycles. The van der Waals surface area contributed by atoms with Crippen LogP contribution in [0.4, 0.5) is 0 Å². The lowest BCUT2D eigenvalue weighted by Gasteiger charge is -2.16. The number of nitrogens with zero attached hydrogens (tertiary/aromatic N) is 1. The van der Waals surface area contributed by atoms with Crippen LogP contribution in [0.3, 0.4) is 0 Å². The van der Waals surface area contributed by atoms with Crippen molar-refractivity contribution in [3.05, 3.63) is 136 Å². The second-order valence-corrected chi connectivity index (χ2v) is 9.13. The van der Waals surface area contributed by atoms with E-state index in [1.165, 1.54) is 0 Å². The summed E-state index contributed by atoms with van der Waals surface area (Å²) in [5.74, 6) is -0.293. The van der Waals surface area contributed by atoms with E-state index >= 15 is 0 Å². The standard InChI is InChI=1S/C31H20ClNO2/c1-19-11-17-23(18-12-19)33-28(20-7-3-2-4-8-20)26-27(29(33)21-13-15-22(32)16-14-21)31(35)25-10-6-5-9-24(25)30(26)34/h2-18H,1H3. The summed E-state index contributed by atoms with van der Waals surface area (Å²) >= 11 is 6.21. The quantitative estimate of drug-likeness (QED) is 0.266. The average molecular weight is 474 g/mol. The SMILES string of the molecule is Cc1ccc(-n2c(-c3ccccc3)c3c(c2-c2ccc(Cl)cc2)C(=O)c2ccccc2C3=O)cc1. The van der Waals surface area contributed by atoms with E-state index in [1.807, 2.05) is 78.2 Å². The highest BCUT2D eigenvalue weighted by molar-refractivity contribution is 6.33. The van der Waals surface area contributed by atoms with Gasteiger partial charge in [-0.3, -0.25) is 9.59 Å². The summed E-state index contributed by atoms with van der Waals surface area (Å²) < 4.78 is 2.05. The Morgan fingerprint density at radius 3 is 1.60 bits per heavy atom. The van der Waals surface area contributed by atoms with Gasteiger partial charge in [0.05, 0.1) is 22.5 Å². The Kier molecular flexibility index (Phi) is 5.01. The summed E-state index contributed by atoms with van der Waals surface area (Å²) in [6, 6.07) is 32.4. The van der Waals surface area contributed by atoms with Crippen LogP contribution in [0, 0.1) is 6.92 Å². The van der Waals surface area contributed by atoms with Crippen molar-refractivity contribution >= 4 is 23.2 Å². The van der Waals surface area contributed by atoms with Crippen molar-refractivity contribution in [2.24, 2.45) is 0 Å². The van der Waals surface area contributed by atoms with Gasteiger partial charge < -0.3 is 4.57 Å². The van der Waals surface area contributed by atoms with E-state index < -0.39 is 0 Å². The van der Waals surface area contributed by atoms with Gasteiger partial charge in [0.15, 0.2) is 11.6 Å². The Labute approximate surface area is 208 Å². The maximum Gasteiger partial charge on any atom is 0.196 e. The number of aryl methyl sites for hydroxylation is 1. The highest BCUT2D eigenvalue weighted by Gasteiger charge is 2.38. The molecule has 1 heterocycles. The molecule has 0 N–H and O–H groups in total. The highest BCUT2D eigenvalue weighted by Crippen LogP contribution is 2.44. The van der Waals surface area contributed by atoms with Gasteiger partial charge in [-0.25, -0.2) is 0 Å². The Bertz CT molecular complexity index is 1610. The molecule has 0 unspecified atom stereocenters. The van der Waals surface area contributed by atoms with Crippen molar-refractivity contribution in [2.45, 2.75) is 6.92 Å². The van der Waals surface area contributed by atoms with Crippen molar-refractivity contribution in [1.82, 2.24) is 4.57 Å². The third-order valence-electron chi connectivity index (χ3n) is 6.50. The van der Waals surface area contributed by atoms with E-state index in [-0.39, 0.29) is 11.6 Å². The molecule has 0 radical (unpaired) electrons. The molecule has 3 nitrogen and oxygen atoms in total. The van der Waals surface area contributed by atoms with Crippen LogP contribution < -0.4 is 0 Å². The normalized spacial score (nSPS) is 12.4. The molecule has 168 valence electrons. The number of ketones is 2.